The number of benzene rings is 2. The van der Waals surface area contributed by atoms with Gasteiger partial charge in [-0.2, -0.15) is 0 Å². The van der Waals surface area contributed by atoms with E-state index in [0.717, 1.165) is 10.4 Å². The van der Waals surface area contributed by atoms with Crippen LogP contribution in [0.2, 0.25) is 0 Å². The van der Waals surface area contributed by atoms with Gasteiger partial charge in [0.15, 0.2) is 0 Å². The van der Waals surface area contributed by atoms with Gasteiger partial charge < -0.3 is 13.7 Å². The third-order valence-corrected chi connectivity index (χ3v) is 5.44. The van der Waals surface area contributed by atoms with Crippen molar-refractivity contribution in [1.29, 1.82) is 0 Å². The molecule has 0 amide bonds. The van der Waals surface area contributed by atoms with Crippen molar-refractivity contribution in [3.8, 4) is 0 Å². The number of hydrogen-bond donors (Lipinski definition) is 2. The Labute approximate surface area is 166 Å². The van der Waals surface area contributed by atoms with E-state index in [0.29, 0.717) is 0 Å². The molecule has 7 heteroatoms. The van der Waals surface area contributed by atoms with Crippen molar-refractivity contribution in [2.75, 3.05) is 0 Å². The standard InChI is InChI=1S/C12H12O3Si2.2Y/c13-16(11-7-3-1-4-8-11)15-17(14)12-9-5-2-6-10-12;;/h1-10,13-14H;;. The van der Waals surface area contributed by atoms with Gasteiger partial charge in [-0.1, -0.05) is 60.7 Å². The summed E-state index contributed by atoms with van der Waals surface area (Å²) in [5, 5.41) is 1.48. The van der Waals surface area contributed by atoms with Crippen LogP contribution in [0.15, 0.2) is 60.7 Å². The van der Waals surface area contributed by atoms with Gasteiger partial charge in [0, 0.05) is 65.4 Å². The van der Waals surface area contributed by atoms with Gasteiger partial charge in [0.25, 0.3) is 0 Å². The normalized spacial score (nSPS) is 9.89. The van der Waals surface area contributed by atoms with E-state index in [1.165, 1.54) is 0 Å². The van der Waals surface area contributed by atoms with Crippen LogP contribution in [0, 0.1) is 0 Å². The Bertz CT molecular complexity index is 416. The Kier molecular flexibility index (Phi) is 11.2. The Balaban J connectivity index is 0.00000162. The van der Waals surface area contributed by atoms with Gasteiger partial charge in [-0.3, -0.25) is 0 Å². The van der Waals surface area contributed by atoms with Crippen LogP contribution in [0.3, 0.4) is 0 Å². The van der Waals surface area contributed by atoms with Crippen molar-refractivity contribution in [2.24, 2.45) is 0 Å². The zero-order valence-electron chi connectivity index (χ0n) is 10.2. The van der Waals surface area contributed by atoms with Gasteiger partial charge >= 0.3 is 18.6 Å². The summed E-state index contributed by atoms with van der Waals surface area (Å²) < 4.78 is 5.34. The molecule has 0 bridgehead atoms. The first-order valence-corrected chi connectivity index (χ1v) is 7.89. The van der Waals surface area contributed by atoms with Gasteiger partial charge in [-0.05, 0) is 10.4 Å². The van der Waals surface area contributed by atoms with Gasteiger partial charge in [0.05, 0.1) is 0 Å². The number of rotatable bonds is 4. The molecule has 2 N–H and O–H groups in total. The molecule has 2 aromatic rings. The monoisotopic (exact) mass is 438 g/mol. The molecule has 0 fully saturated rings. The van der Waals surface area contributed by atoms with Crippen molar-refractivity contribution in [3.63, 3.8) is 0 Å². The predicted molar refractivity (Wildman–Crippen MR) is 69.2 cm³/mol. The molecule has 0 unspecified atom stereocenters. The molecule has 0 aromatic heterocycles. The molecule has 0 saturated carbocycles. The van der Waals surface area contributed by atoms with Crippen LogP contribution < -0.4 is 10.4 Å². The Morgan fingerprint density at radius 1 is 0.632 bits per heavy atom. The predicted octanol–water partition coefficient (Wildman–Crippen LogP) is -0.227. The molecule has 19 heavy (non-hydrogen) atoms. The summed E-state index contributed by atoms with van der Waals surface area (Å²) in [4.78, 5) is 19.8. The minimum atomic E-state index is -2.12. The van der Waals surface area contributed by atoms with Crippen molar-refractivity contribution in [2.45, 2.75) is 0 Å². The van der Waals surface area contributed by atoms with Gasteiger partial charge in [-0.25, -0.2) is 0 Å². The van der Waals surface area contributed by atoms with Crippen molar-refractivity contribution in [3.05, 3.63) is 60.7 Å². The van der Waals surface area contributed by atoms with Crippen molar-refractivity contribution >= 4 is 28.9 Å². The van der Waals surface area contributed by atoms with Crippen molar-refractivity contribution in [1.82, 2.24) is 0 Å². The molecule has 0 aliphatic heterocycles. The van der Waals surface area contributed by atoms with E-state index in [9.17, 15) is 9.59 Å². The molecule has 92 valence electrons. The summed E-state index contributed by atoms with van der Waals surface area (Å²) in [5.74, 6) is 0. The Morgan fingerprint density at radius 2 is 0.947 bits per heavy atom. The van der Waals surface area contributed by atoms with Gasteiger partial charge in [0.2, 0.25) is 0 Å². The average Bonchev–Trinajstić information content (AvgIpc) is 2.40. The molecule has 0 heterocycles. The molecule has 2 aromatic carbocycles. The maximum atomic E-state index is 9.90. The molecule has 0 aliphatic rings. The molecule has 3 nitrogen and oxygen atoms in total. The molecule has 2 rings (SSSR count). The average molecular weight is 438 g/mol. The zero-order valence-corrected chi connectivity index (χ0v) is 17.9. The summed E-state index contributed by atoms with van der Waals surface area (Å²) in [6, 6.07) is 18.3. The smallest absolute Gasteiger partial charge is 0.407 e. The quantitative estimate of drug-likeness (QED) is 0.650. The fourth-order valence-electron chi connectivity index (χ4n) is 1.37. The first kappa shape index (κ1) is 20.0. The van der Waals surface area contributed by atoms with E-state index in [-0.39, 0.29) is 65.4 Å². The second-order valence-corrected chi connectivity index (χ2v) is 6.64. The fourth-order valence-corrected chi connectivity index (χ4v) is 4.00. The van der Waals surface area contributed by atoms with Gasteiger partial charge in [0.1, 0.15) is 0 Å². The molecular formula is C12H12O3Si2Y2. The van der Waals surface area contributed by atoms with Crippen molar-refractivity contribution < 1.29 is 79.1 Å². The van der Waals surface area contributed by atoms with E-state index < -0.39 is 18.6 Å². The molecule has 0 atom stereocenters. The van der Waals surface area contributed by atoms with Crippen LogP contribution >= 0.6 is 0 Å². The van der Waals surface area contributed by atoms with E-state index in [4.69, 9.17) is 4.12 Å². The molecule has 0 saturated heterocycles. The third kappa shape index (κ3) is 6.50. The van der Waals surface area contributed by atoms with Gasteiger partial charge in [-0.15, -0.1) is 0 Å². The van der Waals surface area contributed by atoms with Crippen LogP contribution in [-0.4, -0.2) is 28.2 Å². The van der Waals surface area contributed by atoms with E-state index >= 15 is 0 Å². The number of hydrogen-bond acceptors (Lipinski definition) is 3. The SMILES string of the molecule is O[Si](O[Si](O)c1ccccc1)c1ccccc1.[Y].[Y]. The molecule has 4 radical (unpaired) electrons. The molecular weight excluding hydrogens is 426 g/mol. The maximum absolute atomic E-state index is 9.90. The molecule has 0 spiro atoms. The second-order valence-electron chi connectivity index (χ2n) is 3.44. The summed E-state index contributed by atoms with van der Waals surface area (Å²) in [6.45, 7) is 0. The van der Waals surface area contributed by atoms with Crippen LogP contribution in [0.25, 0.3) is 0 Å². The maximum Gasteiger partial charge on any atom is 0.411 e. The molecule has 0 aliphatic carbocycles. The second kappa shape index (κ2) is 10.7. The third-order valence-electron chi connectivity index (χ3n) is 2.23. The summed E-state index contributed by atoms with van der Waals surface area (Å²) in [6.07, 6.45) is 0. The first-order chi connectivity index (χ1) is 8.27. The minimum Gasteiger partial charge on any atom is -0.407 e. The zero-order chi connectivity index (χ0) is 12.1. The summed E-state index contributed by atoms with van der Waals surface area (Å²) >= 11 is 0. The van der Waals surface area contributed by atoms with Crippen LogP contribution in [0.1, 0.15) is 0 Å². The fraction of sp³-hybridized carbons (Fsp3) is 0. The van der Waals surface area contributed by atoms with E-state index in [2.05, 4.69) is 0 Å². The Hall–Kier alpha value is 0.962. The van der Waals surface area contributed by atoms with Crippen LogP contribution in [0.5, 0.6) is 0 Å². The summed E-state index contributed by atoms with van der Waals surface area (Å²) in [5.41, 5.74) is 0. The summed E-state index contributed by atoms with van der Waals surface area (Å²) in [7, 11) is -4.24. The van der Waals surface area contributed by atoms with E-state index in [1.54, 1.807) is 24.3 Å². The minimum absolute atomic E-state index is 0. The largest absolute Gasteiger partial charge is 0.411 e. The van der Waals surface area contributed by atoms with Crippen LogP contribution in [-0.2, 0) is 69.5 Å². The van der Waals surface area contributed by atoms with Crippen LogP contribution in [0.4, 0.5) is 0 Å². The Morgan fingerprint density at radius 3 is 1.26 bits per heavy atom. The topological polar surface area (TPSA) is 49.7 Å². The first-order valence-electron chi connectivity index (χ1n) is 5.18. The van der Waals surface area contributed by atoms with E-state index in [1.807, 2.05) is 36.4 Å².